The molecule has 1 unspecified atom stereocenters. The van der Waals surface area contributed by atoms with E-state index in [1.807, 2.05) is 42.5 Å². The van der Waals surface area contributed by atoms with Crippen LogP contribution in [0.5, 0.6) is 11.6 Å². The lowest BCUT2D eigenvalue weighted by Gasteiger charge is -2.24. The molecule has 152 valence electrons. The van der Waals surface area contributed by atoms with Crippen LogP contribution >= 0.6 is 11.3 Å². The summed E-state index contributed by atoms with van der Waals surface area (Å²) < 4.78 is 12.7. The Bertz CT molecular complexity index is 1090. The second-order valence-electron chi connectivity index (χ2n) is 7.01. The van der Waals surface area contributed by atoms with Crippen molar-refractivity contribution in [2.24, 2.45) is 0 Å². The minimum atomic E-state index is 0.221. The maximum atomic E-state index is 5.99. The van der Waals surface area contributed by atoms with Gasteiger partial charge in [-0.2, -0.15) is 0 Å². The lowest BCUT2D eigenvalue weighted by atomic mass is 10.1. The van der Waals surface area contributed by atoms with Gasteiger partial charge in [0.1, 0.15) is 5.75 Å². The number of hydrogen-bond donors (Lipinski definition) is 2. The molecule has 2 aromatic carbocycles. The van der Waals surface area contributed by atoms with Gasteiger partial charge in [0, 0.05) is 24.7 Å². The highest BCUT2D eigenvalue weighted by Gasteiger charge is 2.17. The zero-order chi connectivity index (χ0) is 20.2. The van der Waals surface area contributed by atoms with Crippen LogP contribution < -0.4 is 15.4 Å². The Balaban J connectivity index is 1.27. The van der Waals surface area contributed by atoms with Crippen LogP contribution in [0, 0.1) is 0 Å². The van der Waals surface area contributed by atoms with Gasteiger partial charge in [0.2, 0.25) is 0 Å². The van der Waals surface area contributed by atoms with Crippen molar-refractivity contribution in [3.05, 3.63) is 60.9 Å². The number of benzene rings is 2. The molecule has 8 heteroatoms. The molecule has 1 aliphatic heterocycles. The van der Waals surface area contributed by atoms with Crippen molar-refractivity contribution in [3.8, 4) is 11.6 Å². The van der Waals surface area contributed by atoms with Gasteiger partial charge in [0.15, 0.2) is 10.9 Å². The third kappa shape index (κ3) is 4.34. The molecular weight excluding hydrogens is 398 g/mol. The lowest BCUT2D eigenvalue weighted by molar-refractivity contribution is 0.0874. The third-order valence-electron chi connectivity index (χ3n) is 4.78. The maximum absolute atomic E-state index is 5.99. The number of para-hydroxylation sites is 1. The molecule has 1 fully saturated rings. The van der Waals surface area contributed by atoms with Crippen LogP contribution in [0.2, 0.25) is 0 Å². The standard InChI is InChI=1S/C22H21N5O2S/c1-2-6-19-18(5-1)27-22(30-19)26-15-7-9-17(10-8-15)29-21-20(23-11-12-24-21)25-16-4-3-13-28-14-16/h1-2,5-12,16H,3-4,13-14H2,(H,23,25)(H,26,27). The van der Waals surface area contributed by atoms with Crippen LogP contribution in [-0.4, -0.2) is 34.2 Å². The normalized spacial score (nSPS) is 16.3. The van der Waals surface area contributed by atoms with Crippen molar-refractivity contribution < 1.29 is 9.47 Å². The molecule has 1 aliphatic rings. The number of ether oxygens (including phenoxy) is 2. The molecule has 0 aliphatic carbocycles. The van der Waals surface area contributed by atoms with Crippen molar-refractivity contribution in [2.45, 2.75) is 18.9 Å². The van der Waals surface area contributed by atoms with E-state index >= 15 is 0 Å². The van der Waals surface area contributed by atoms with E-state index in [1.165, 1.54) is 0 Å². The van der Waals surface area contributed by atoms with Crippen LogP contribution in [0.4, 0.5) is 16.6 Å². The Labute approximate surface area is 178 Å². The quantitative estimate of drug-likeness (QED) is 0.444. The molecule has 5 rings (SSSR count). The minimum Gasteiger partial charge on any atom is -0.436 e. The van der Waals surface area contributed by atoms with Crippen molar-refractivity contribution in [1.29, 1.82) is 0 Å². The number of fused-ring (bicyclic) bond motifs is 1. The molecule has 4 aromatic rings. The average molecular weight is 420 g/mol. The van der Waals surface area contributed by atoms with Gasteiger partial charge in [0.25, 0.3) is 5.88 Å². The first kappa shape index (κ1) is 18.8. The summed E-state index contributed by atoms with van der Waals surface area (Å²) >= 11 is 1.63. The first-order valence-electron chi connectivity index (χ1n) is 9.89. The number of nitrogens with one attached hydrogen (secondary N) is 2. The van der Waals surface area contributed by atoms with E-state index < -0.39 is 0 Å². The molecule has 0 saturated carbocycles. The van der Waals surface area contributed by atoms with Gasteiger partial charge in [-0.25, -0.2) is 15.0 Å². The summed E-state index contributed by atoms with van der Waals surface area (Å²) in [4.78, 5) is 13.3. The number of thiazole rings is 1. The molecule has 3 heterocycles. The van der Waals surface area contributed by atoms with Crippen LogP contribution in [0.1, 0.15) is 12.8 Å². The Hall–Kier alpha value is -3.23. The lowest BCUT2D eigenvalue weighted by Crippen LogP contribution is -2.30. The van der Waals surface area contributed by atoms with Gasteiger partial charge in [-0.1, -0.05) is 23.5 Å². The van der Waals surface area contributed by atoms with E-state index in [0.29, 0.717) is 24.1 Å². The molecule has 0 amide bonds. The molecule has 0 spiro atoms. The van der Waals surface area contributed by atoms with Crippen molar-refractivity contribution in [3.63, 3.8) is 0 Å². The summed E-state index contributed by atoms with van der Waals surface area (Å²) in [6, 6.07) is 16.0. The van der Waals surface area contributed by atoms with E-state index in [0.717, 1.165) is 40.5 Å². The fourth-order valence-electron chi connectivity index (χ4n) is 3.31. The van der Waals surface area contributed by atoms with Crippen LogP contribution in [-0.2, 0) is 4.74 Å². The minimum absolute atomic E-state index is 0.221. The van der Waals surface area contributed by atoms with E-state index in [2.05, 4.69) is 31.7 Å². The number of nitrogens with zero attached hydrogens (tertiary/aromatic N) is 3. The monoisotopic (exact) mass is 419 g/mol. The van der Waals surface area contributed by atoms with E-state index in [9.17, 15) is 0 Å². The number of rotatable bonds is 6. The number of aromatic nitrogens is 3. The molecule has 1 atom stereocenters. The summed E-state index contributed by atoms with van der Waals surface area (Å²) in [7, 11) is 0. The van der Waals surface area contributed by atoms with E-state index in [4.69, 9.17) is 9.47 Å². The second kappa shape index (κ2) is 8.64. The summed E-state index contributed by atoms with van der Waals surface area (Å²) in [5.74, 6) is 1.77. The number of hydrogen-bond acceptors (Lipinski definition) is 8. The van der Waals surface area contributed by atoms with Gasteiger partial charge in [-0.15, -0.1) is 0 Å². The van der Waals surface area contributed by atoms with Crippen LogP contribution in [0.3, 0.4) is 0 Å². The highest BCUT2D eigenvalue weighted by atomic mass is 32.1. The van der Waals surface area contributed by atoms with Crippen molar-refractivity contribution >= 4 is 38.2 Å². The zero-order valence-corrected chi connectivity index (χ0v) is 17.1. The second-order valence-corrected chi connectivity index (χ2v) is 8.04. The Morgan fingerprint density at radius 1 is 1.03 bits per heavy atom. The Morgan fingerprint density at radius 2 is 1.90 bits per heavy atom. The smallest absolute Gasteiger partial charge is 0.262 e. The van der Waals surface area contributed by atoms with E-state index in [-0.39, 0.29) is 6.04 Å². The first-order valence-corrected chi connectivity index (χ1v) is 10.7. The molecule has 7 nitrogen and oxygen atoms in total. The molecule has 2 aromatic heterocycles. The molecular formula is C22H21N5O2S. The Morgan fingerprint density at radius 3 is 2.73 bits per heavy atom. The van der Waals surface area contributed by atoms with E-state index in [1.54, 1.807) is 23.7 Å². The molecule has 30 heavy (non-hydrogen) atoms. The average Bonchev–Trinajstić information content (AvgIpc) is 3.19. The molecule has 0 bridgehead atoms. The summed E-state index contributed by atoms with van der Waals surface area (Å²) in [6.07, 6.45) is 5.37. The van der Waals surface area contributed by atoms with Crippen LogP contribution in [0.15, 0.2) is 60.9 Å². The van der Waals surface area contributed by atoms with Crippen molar-refractivity contribution in [1.82, 2.24) is 15.0 Å². The number of anilines is 3. The van der Waals surface area contributed by atoms with Gasteiger partial charge in [-0.3, -0.25) is 0 Å². The van der Waals surface area contributed by atoms with Gasteiger partial charge < -0.3 is 20.1 Å². The van der Waals surface area contributed by atoms with Gasteiger partial charge in [-0.05, 0) is 49.2 Å². The molecule has 2 N–H and O–H groups in total. The van der Waals surface area contributed by atoms with Gasteiger partial charge >= 0.3 is 0 Å². The highest BCUT2D eigenvalue weighted by molar-refractivity contribution is 7.22. The topological polar surface area (TPSA) is 81.2 Å². The molecule has 1 saturated heterocycles. The maximum Gasteiger partial charge on any atom is 0.262 e. The zero-order valence-electron chi connectivity index (χ0n) is 16.2. The largest absolute Gasteiger partial charge is 0.436 e. The summed E-state index contributed by atoms with van der Waals surface area (Å²) in [5.41, 5.74) is 1.94. The predicted octanol–water partition coefficient (Wildman–Crippen LogP) is 5.21. The first-order chi connectivity index (χ1) is 14.8. The van der Waals surface area contributed by atoms with Gasteiger partial charge in [0.05, 0.1) is 22.9 Å². The fourth-order valence-corrected chi connectivity index (χ4v) is 4.20. The van der Waals surface area contributed by atoms with Crippen LogP contribution in [0.25, 0.3) is 10.2 Å². The summed E-state index contributed by atoms with van der Waals surface area (Å²) in [6.45, 7) is 1.49. The van der Waals surface area contributed by atoms with Crippen molar-refractivity contribution in [2.75, 3.05) is 23.8 Å². The third-order valence-corrected chi connectivity index (χ3v) is 5.73. The Kier molecular flexibility index (Phi) is 5.41. The highest BCUT2D eigenvalue weighted by Crippen LogP contribution is 2.30. The SMILES string of the molecule is c1ccc2sc(Nc3ccc(Oc4nccnc4NC4CCCOC4)cc3)nc2c1. The fraction of sp³-hybridized carbons (Fsp3) is 0.227. The predicted molar refractivity (Wildman–Crippen MR) is 119 cm³/mol. The molecule has 0 radical (unpaired) electrons. The summed E-state index contributed by atoms with van der Waals surface area (Å²) in [5, 5.41) is 7.59.